The Labute approximate surface area is 159 Å². The van der Waals surface area contributed by atoms with Crippen LogP contribution in [0.4, 0.5) is 4.79 Å². The quantitative estimate of drug-likeness (QED) is 0.790. The number of ether oxygens (including phenoxy) is 2. The Hall–Kier alpha value is -1.27. The average molecular weight is 413 g/mol. The number of hydrogen-bond donors (Lipinski definition) is 1. The lowest BCUT2D eigenvalue weighted by molar-refractivity contribution is 0.0196. The van der Waals surface area contributed by atoms with Crippen molar-refractivity contribution >= 4 is 22.0 Å². The molecule has 6 heteroatoms. The molecule has 5 nitrogen and oxygen atoms in total. The average Bonchev–Trinajstić information content (AvgIpc) is 2.53. The highest BCUT2D eigenvalue weighted by Gasteiger charge is 2.27. The third kappa shape index (κ3) is 5.89. The third-order valence-corrected chi connectivity index (χ3v) is 4.93. The number of carbonyl (C=O) groups is 1. The lowest BCUT2D eigenvalue weighted by Gasteiger charge is -2.35. The van der Waals surface area contributed by atoms with Crippen molar-refractivity contribution in [2.45, 2.75) is 58.2 Å². The summed E-state index contributed by atoms with van der Waals surface area (Å²) in [5.41, 5.74) is 0.768. The van der Waals surface area contributed by atoms with Gasteiger partial charge in [0.2, 0.25) is 0 Å². The van der Waals surface area contributed by atoms with Gasteiger partial charge >= 0.3 is 6.09 Å². The Morgan fingerprint density at radius 2 is 1.96 bits per heavy atom. The Balaban J connectivity index is 1.85. The van der Waals surface area contributed by atoms with Gasteiger partial charge in [0.1, 0.15) is 11.4 Å². The SMILES string of the molecule is COc1ccc(C(C)NC2CCN(C(=O)OC(C)(C)C)CC2)cc1Br. The van der Waals surface area contributed by atoms with Crippen molar-refractivity contribution < 1.29 is 14.3 Å². The van der Waals surface area contributed by atoms with Crippen LogP contribution in [0.3, 0.4) is 0 Å². The number of carbonyl (C=O) groups excluding carboxylic acids is 1. The van der Waals surface area contributed by atoms with Gasteiger partial charge < -0.3 is 19.7 Å². The van der Waals surface area contributed by atoms with Gasteiger partial charge in [0.25, 0.3) is 0 Å². The normalized spacial score (nSPS) is 17.3. The Morgan fingerprint density at radius 1 is 1.32 bits per heavy atom. The summed E-state index contributed by atoms with van der Waals surface area (Å²) in [5.74, 6) is 0.835. The summed E-state index contributed by atoms with van der Waals surface area (Å²) < 4.78 is 11.7. The predicted molar refractivity (Wildman–Crippen MR) is 103 cm³/mol. The van der Waals surface area contributed by atoms with Crippen molar-refractivity contribution in [1.29, 1.82) is 0 Å². The minimum Gasteiger partial charge on any atom is -0.496 e. The van der Waals surface area contributed by atoms with Crippen LogP contribution >= 0.6 is 15.9 Å². The molecule has 0 saturated carbocycles. The molecule has 1 unspecified atom stereocenters. The maximum Gasteiger partial charge on any atom is 0.410 e. The number of halogens is 1. The van der Waals surface area contributed by atoms with Gasteiger partial charge in [0.15, 0.2) is 0 Å². The zero-order valence-electron chi connectivity index (χ0n) is 15.8. The molecule has 0 aliphatic carbocycles. The van der Waals surface area contributed by atoms with Crippen LogP contribution in [0, 0.1) is 0 Å². The number of benzene rings is 1. The number of nitrogens with zero attached hydrogens (tertiary/aromatic N) is 1. The molecule has 0 aromatic heterocycles. The van der Waals surface area contributed by atoms with Gasteiger partial charge in [-0.25, -0.2) is 4.79 Å². The minimum atomic E-state index is -0.442. The number of likely N-dealkylation sites (tertiary alicyclic amines) is 1. The first-order valence-electron chi connectivity index (χ1n) is 8.77. The molecule has 1 aliphatic rings. The second-order valence-electron chi connectivity index (χ2n) is 7.52. The van der Waals surface area contributed by atoms with Crippen LogP contribution < -0.4 is 10.1 Å². The summed E-state index contributed by atoms with van der Waals surface area (Å²) in [6.07, 6.45) is 1.65. The molecule has 140 valence electrons. The molecule has 1 aliphatic heterocycles. The number of methoxy groups -OCH3 is 1. The molecule has 0 radical (unpaired) electrons. The monoisotopic (exact) mass is 412 g/mol. The standard InChI is InChI=1S/C19H29BrN2O3/c1-13(14-6-7-17(24-5)16(20)12-14)21-15-8-10-22(11-9-15)18(23)25-19(2,3)4/h6-7,12-13,15,21H,8-11H2,1-5H3. The highest BCUT2D eigenvalue weighted by Crippen LogP contribution is 2.28. The molecule has 1 aromatic carbocycles. The van der Waals surface area contributed by atoms with Gasteiger partial charge in [0, 0.05) is 25.2 Å². The zero-order chi connectivity index (χ0) is 18.6. The summed E-state index contributed by atoms with van der Waals surface area (Å²) in [6, 6.07) is 6.78. The topological polar surface area (TPSA) is 50.8 Å². The van der Waals surface area contributed by atoms with E-state index in [9.17, 15) is 4.79 Å². The van der Waals surface area contributed by atoms with Gasteiger partial charge in [-0.05, 0) is 74.2 Å². The van der Waals surface area contributed by atoms with Crippen molar-refractivity contribution in [1.82, 2.24) is 10.2 Å². The van der Waals surface area contributed by atoms with E-state index in [-0.39, 0.29) is 12.1 Å². The smallest absolute Gasteiger partial charge is 0.410 e. The van der Waals surface area contributed by atoms with Crippen molar-refractivity contribution in [3.8, 4) is 5.75 Å². The summed E-state index contributed by atoms with van der Waals surface area (Å²) in [6.45, 7) is 9.31. The molecule has 1 aromatic rings. The van der Waals surface area contributed by atoms with Crippen LogP contribution in [-0.4, -0.2) is 42.8 Å². The van der Waals surface area contributed by atoms with E-state index in [4.69, 9.17) is 9.47 Å². The van der Waals surface area contributed by atoms with E-state index < -0.39 is 5.60 Å². The Kier molecular flexibility index (Phi) is 6.74. The number of hydrogen-bond acceptors (Lipinski definition) is 4. The van der Waals surface area contributed by atoms with E-state index in [0.29, 0.717) is 6.04 Å². The molecule has 0 spiro atoms. The number of piperidine rings is 1. The molecule has 1 heterocycles. The third-order valence-electron chi connectivity index (χ3n) is 4.31. The van der Waals surface area contributed by atoms with Crippen molar-refractivity contribution in [2.24, 2.45) is 0 Å². The fraction of sp³-hybridized carbons (Fsp3) is 0.632. The maximum atomic E-state index is 12.1. The van der Waals surface area contributed by atoms with Crippen molar-refractivity contribution in [3.63, 3.8) is 0 Å². The number of amides is 1. The van der Waals surface area contributed by atoms with Crippen LogP contribution in [0.15, 0.2) is 22.7 Å². The molecule has 1 N–H and O–H groups in total. The van der Waals surface area contributed by atoms with Crippen molar-refractivity contribution in [2.75, 3.05) is 20.2 Å². The van der Waals surface area contributed by atoms with Gasteiger partial charge in [-0.1, -0.05) is 6.07 Å². The van der Waals surface area contributed by atoms with E-state index in [2.05, 4.69) is 40.3 Å². The lowest BCUT2D eigenvalue weighted by atomic mass is 10.0. The zero-order valence-corrected chi connectivity index (χ0v) is 17.4. The molecular weight excluding hydrogens is 384 g/mol. The molecule has 1 saturated heterocycles. The molecular formula is C19H29BrN2O3. The lowest BCUT2D eigenvalue weighted by Crippen LogP contribution is -2.46. The van der Waals surface area contributed by atoms with E-state index in [1.807, 2.05) is 26.8 Å². The Bertz CT molecular complexity index is 593. The van der Waals surface area contributed by atoms with E-state index in [1.165, 1.54) is 5.56 Å². The first-order valence-corrected chi connectivity index (χ1v) is 9.56. The van der Waals surface area contributed by atoms with Gasteiger partial charge in [-0.15, -0.1) is 0 Å². The second kappa shape index (κ2) is 8.41. The fourth-order valence-electron chi connectivity index (χ4n) is 2.96. The largest absolute Gasteiger partial charge is 0.496 e. The summed E-state index contributed by atoms with van der Waals surface area (Å²) in [4.78, 5) is 13.9. The molecule has 0 bridgehead atoms. The van der Waals surface area contributed by atoms with Crippen LogP contribution in [0.5, 0.6) is 5.75 Å². The first kappa shape index (κ1) is 20.0. The molecule has 2 rings (SSSR count). The summed E-state index contributed by atoms with van der Waals surface area (Å²) in [7, 11) is 1.67. The van der Waals surface area contributed by atoms with Gasteiger partial charge in [0.05, 0.1) is 11.6 Å². The van der Waals surface area contributed by atoms with Gasteiger partial charge in [-0.3, -0.25) is 0 Å². The molecule has 1 atom stereocenters. The highest BCUT2D eigenvalue weighted by atomic mass is 79.9. The molecule has 1 amide bonds. The van der Waals surface area contributed by atoms with Crippen LogP contribution in [0.2, 0.25) is 0 Å². The maximum absolute atomic E-state index is 12.1. The van der Waals surface area contributed by atoms with Crippen molar-refractivity contribution in [3.05, 3.63) is 28.2 Å². The minimum absolute atomic E-state index is 0.210. The second-order valence-corrected chi connectivity index (χ2v) is 8.38. The van der Waals surface area contributed by atoms with E-state index >= 15 is 0 Å². The van der Waals surface area contributed by atoms with Crippen LogP contribution in [0.25, 0.3) is 0 Å². The summed E-state index contributed by atoms with van der Waals surface area (Å²) >= 11 is 3.54. The van der Waals surface area contributed by atoms with Gasteiger partial charge in [-0.2, -0.15) is 0 Å². The van der Waals surface area contributed by atoms with E-state index in [1.54, 1.807) is 12.0 Å². The van der Waals surface area contributed by atoms with Crippen LogP contribution in [0.1, 0.15) is 52.1 Å². The molecule has 25 heavy (non-hydrogen) atoms. The highest BCUT2D eigenvalue weighted by molar-refractivity contribution is 9.10. The summed E-state index contributed by atoms with van der Waals surface area (Å²) in [5, 5.41) is 3.67. The van der Waals surface area contributed by atoms with E-state index in [0.717, 1.165) is 36.2 Å². The first-order chi connectivity index (χ1) is 11.7. The predicted octanol–water partition coefficient (Wildman–Crippen LogP) is 4.51. The fourth-order valence-corrected chi connectivity index (χ4v) is 3.52. The number of rotatable bonds is 4. The van der Waals surface area contributed by atoms with Crippen LogP contribution in [-0.2, 0) is 4.74 Å². The number of nitrogens with one attached hydrogen (secondary N) is 1. The Morgan fingerprint density at radius 3 is 2.48 bits per heavy atom. The molecule has 1 fully saturated rings.